The van der Waals surface area contributed by atoms with Crippen LogP contribution in [0, 0.1) is 6.92 Å². The van der Waals surface area contributed by atoms with E-state index < -0.39 is 0 Å². The van der Waals surface area contributed by atoms with E-state index in [9.17, 15) is 5.11 Å². The van der Waals surface area contributed by atoms with E-state index in [4.69, 9.17) is 9.26 Å². The van der Waals surface area contributed by atoms with Gasteiger partial charge in [-0.05, 0) is 27.4 Å². The van der Waals surface area contributed by atoms with Gasteiger partial charge in [-0.1, -0.05) is 18.5 Å². The van der Waals surface area contributed by atoms with Gasteiger partial charge in [0.05, 0.1) is 23.8 Å². The van der Waals surface area contributed by atoms with E-state index in [0.717, 1.165) is 35.0 Å². The van der Waals surface area contributed by atoms with Crippen molar-refractivity contribution < 1.29 is 14.4 Å². The van der Waals surface area contributed by atoms with Gasteiger partial charge in [-0.25, -0.2) is 0 Å². The molecule has 0 aliphatic carbocycles. The van der Waals surface area contributed by atoms with Crippen LogP contribution in [0.15, 0.2) is 4.52 Å². The molecule has 0 aliphatic heterocycles. The van der Waals surface area contributed by atoms with Gasteiger partial charge >= 0.3 is 0 Å². The van der Waals surface area contributed by atoms with Crippen LogP contribution in [0.5, 0.6) is 11.5 Å². The average molecular weight is 278 g/mol. The molecule has 2 aromatic rings. The number of phenolic OH excluding ortho intramolecular Hbond substituents is 1. The van der Waals surface area contributed by atoms with E-state index in [2.05, 4.69) is 12.1 Å². The zero-order chi connectivity index (χ0) is 14.9. The number of hydrogen-bond donors (Lipinski definition) is 1. The smallest absolute Gasteiger partial charge is 0.179 e. The van der Waals surface area contributed by atoms with Gasteiger partial charge in [0.15, 0.2) is 5.58 Å². The fourth-order valence-corrected chi connectivity index (χ4v) is 2.52. The van der Waals surface area contributed by atoms with Gasteiger partial charge in [-0.3, -0.25) is 0 Å². The van der Waals surface area contributed by atoms with Crippen molar-refractivity contribution >= 4 is 11.0 Å². The number of fused-ring (bicyclic) bond motifs is 1. The molecule has 0 fully saturated rings. The minimum Gasteiger partial charge on any atom is -0.507 e. The fraction of sp³-hybridized carbons (Fsp3) is 0.533. The van der Waals surface area contributed by atoms with Crippen LogP contribution in [0.25, 0.3) is 11.0 Å². The molecular formula is C15H22N2O3. The Morgan fingerprint density at radius 1 is 1.35 bits per heavy atom. The Hall–Kier alpha value is -1.75. The summed E-state index contributed by atoms with van der Waals surface area (Å²) in [7, 11) is 5.51. The summed E-state index contributed by atoms with van der Waals surface area (Å²) in [6, 6.07) is 0. The molecule has 5 nitrogen and oxygen atoms in total. The Balaban J connectivity index is 2.77. The maximum atomic E-state index is 10.4. The molecule has 0 bridgehead atoms. The first-order valence-electron chi connectivity index (χ1n) is 6.82. The molecule has 0 radical (unpaired) electrons. The van der Waals surface area contributed by atoms with Gasteiger partial charge in [0.2, 0.25) is 0 Å². The molecule has 5 heteroatoms. The van der Waals surface area contributed by atoms with Gasteiger partial charge in [-0.15, -0.1) is 0 Å². The lowest BCUT2D eigenvalue weighted by Crippen LogP contribution is -2.11. The normalized spacial score (nSPS) is 11.5. The van der Waals surface area contributed by atoms with Crippen LogP contribution in [-0.2, 0) is 13.0 Å². The quantitative estimate of drug-likeness (QED) is 0.911. The largest absolute Gasteiger partial charge is 0.507 e. The third-order valence-electron chi connectivity index (χ3n) is 3.41. The maximum absolute atomic E-state index is 10.4. The van der Waals surface area contributed by atoms with Crippen molar-refractivity contribution in [2.24, 2.45) is 0 Å². The summed E-state index contributed by atoms with van der Waals surface area (Å²) in [5.74, 6) is 0.881. The zero-order valence-corrected chi connectivity index (χ0v) is 12.8. The summed E-state index contributed by atoms with van der Waals surface area (Å²) in [6.07, 6.45) is 1.81. The Morgan fingerprint density at radius 2 is 2.05 bits per heavy atom. The summed E-state index contributed by atoms with van der Waals surface area (Å²) in [6.45, 7) is 4.55. The average Bonchev–Trinajstić information content (AvgIpc) is 2.79. The molecule has 0 spiro atoms. The van der Waals surface area contributed by atoms with Crippen molar-refractivity contribution in [3.8, 4) is 11.5 Å². The molecule has 0 amide bonds. The molecule has 0 saturated heterocycles. The third-order valence-corrected chi connectivity index (χ3v) is 3.41. The van der Waals surface area contributed by atoms with E-state index in [0.29, 0.717) is 17.9 Å². The minimum atomic E-state index is 0.224. The van der Waals surface area contributed by atoms with Crippen LogP contribution in [0.2, 0.25) is 0 Å². The molecular weight excluding hydrogens is 256 g/mol. The van der Waals surface area contributed by atoms with Crippen molar-refractivity contribution in [2.45, 2.75) is 33.2 Å². The molecule has 0 saturated carbocycles. The number of hydrogen-bond acceptors (Lipinski definition) is 5. The van der Waals surface area contributed by atoms with E-state index >= 15 is 0 Å². The summed E-state index contributed by atoms with van der Waals surface area (Å²) in [5, 5.41) is 15.5. The Bertz CT molecular complexity index is 617. The molecule has 0 atom stereocenters. The van der Waals surface area contributed by atoms with E-state index in [1.54, 1.807) is 7.11 Å². The molecule has 110 valence electrons. The molecule has 1 aromatic carbocycles. The second kappa shape index (κ2) is 5.71. The summed E-state index contributed by atoms with van der Waals surface area (Å²) in [4.78, 5) is 1.99. The first-order chi connectivity index (χ1) is 9.51. The predicted molar refractivity (Wildman–Crippen MR) is 78.3 cm³/mol. The molecule has 1 heterocycles. The fourth-order valence-electron chi connectivity index (χ4n) is 2.52. The minimum absolute atomic E-state index is 0.224. The zero-order valence-electron chi connectivity index (χ0n) is 12.8. The Kier molecular flexibility index (Phi) is 4.18. The SMILES string of the molecule is CCCc1noc2c(CN(C)C)c(O)c(C)c(OC)c12. The predicted octanol–water partition coefficient (Wildman–Crippen LogP) is 2.86. The van der Waals surface area contributed by atoms with Gasteiger partial charge in [0, 0.05) is 12.1 Å². The van der Waals surface area contributed by atoms with Crippen LogP contribution in [0.3, 0.4) is 0 Å². The highest BCUT2D eigenvalue weighted by Crippen LogP contribution is 2.42. The van der Waals surface area contributed by atoms with Gasteiger partial charge in [-0.2, -0.15) is 0 Å². The molecule has 0 unspecified atom stereocenters. The van der Waals surface area contributed by atoms with Crippen molar-refractivity contribution in [1.82, 2.24) is 10.1 Å². The van der Waals surface area contributed by atoms with Crippen LogP contribution < -0.4 is 4.74 Å². The molecule has 2 rings (SSSR count). The highest BCUT2D eigenvalue weighted by atomic mass is 16.5. The van der Waals surface area contributed by atoms with Gasteiger partial charge in [0.1, 0.15) is 11.5 Å². The number of benzene rings is 1. The van der Waals surface area contributed by atoms with Gasteiger partial charge in [0.25, 0.3) is 0 Å². The van der Waals surface area contributed by atoms with Crippen molar-refractivity contribution in [2.75, 3.05) is 21.2 Å². The second-order valence-electron chi connectivity index (χ2n) is 5.31. The third kappa shape index (κ3) is 2.33. The van der Waals surface area contributed by atoms with Crippen LogP contribution in [0.1, 0.15) is 30.2 Å². The summed E-state index contributed by atoms with van der Waals surface area (Å²) < 4.78 is 11.0. The number of ether oxygens (including phenoxy) is 1. The number of aryl methyl sites for hydroxylation is 1. The van der Waals surface area contributed by atoms with E-state index in [1.165, 1.54) is 0 Å². The number of aromatic nitrogens is 1. The second-order valence-corrected chi connectivity index (χ2v) is 5.31. The van der Waals surface area contributed by atoms with Crippen molar-refractivity contribution in [3.05, 3.63) is 16.8 Å². The molecule has 0 aliphatic rings. The van der Waals surface area contributed by atoms with Crippen molar-refractivity contribution in [1.29, 1.82) is 0 Å². The molecule has 1 aromatic heterocycles. The number of nitrogens with zero attached hydrogens (tertiary/aromatic N) is 2. The first-order valence-corrected chi connectivity index (χ1v) is 6.82. The number of methoxy groups -OCH3 is 1. The van der Waals surface area contributed by atoms with E-state index in [-0.39, 0.29) is 5.75 Å². The Morgan fingerprint density at radius 3 is 2.60 bits per heavy atom. The Labute approximate surface area is 119 Å². The lowest BCUT2D eigenvalue weighted by molar-refractivity contribution is 0.372. The van der Waals surface area contributed by atoms with Crippen LogP contribution in [0.4, 0.5) is 0 Å². The molecule has 1 N–H and O–H groups in total. The number of phenols is 1. The first kappa shape index (κ1) is 14.7. The maximum Gasteiger partial charge on any atom is 0.179 e. The van der Waals surface area contributed by atoms with Crippen molar-refractivity contribution in [3.63, 3.8) is 0 Å². The number of aromatic hydroxyl groups is 1. The topological polar surface area (TPSA) is 58.7 Å². The lowest BCUT2D eigenvalue weighted by Gasteiger charge is -2.15. The lowest BCUT2D eigenvalue weighted by atomic mass is 10.0. The number of rotatable bonds is 5. The monoisotopic (exact) mass is 278 g/mol. The van der Waals surface area contributed by atoms with E-state index in [1.807, 2.05) is 25.9 Å². The standard InChI is InChI=1S/C15H22N2O3/c1-6-7-11-12-14(19-5)9(2)13(18)10(8-17(3)4)15(12)20-16-11/h18H,6-8H2,1-5H3. The van der Waals surface area contributed by atoms with Crippen LogP contribution in [-0.4, -0.2) is 36.4 Å². The van der Waals surface area contributed by atoms with Gasteiger partial charge < -0.3 is 19.3 Å². The molecule has 20 heavy (non-hydrogen) atoms. The summed E-state index contributed by atoms with van der Waals surface area (Å²) in [5.41, 5.74) is 3.01. The highest BCUT2D eigenvalue weighted by molar-refractivity contribution is 5.92. The summed E-state index contributed by atoms with van der Waals surface area (Å²) >= 11 is 0. The highest BCUT2D eigenvalue weighted by Gasteiger charge is 2.23. The van der Waals surface area contributed by atoms with Crippen LogP contribution >= 0.6 is 0 Å².